The van der Waals surface area contributed by atoms with Crippen LogP contribution in [0.3, 0.4) is 0 Å². The van der Waals surface area contributed by atoms with E-state index in [9.17, 15) is 0 Å². The fraction of sp³-hybridized carbons (Fsp3) is 0.200. The van der Waals surface area contributed by atoms with Crippen LogP contribution in [-0.2, 0) is 6.54 Å². The molecule has 20 heavy (non-hydrogen) atoms. The first kappa shape index (κ1) is 12.6. The zero-order valence-electron chi connectivity index (χ0n) is 11.6. The molecule has 5 nitrogen and oxygen atoms in total. The molecule has 0 aliphatic heterocycles. The van der Waals surface area contributed by atoms with Crippen molar-refractivity contribution in [2.45, 2.75) is 20.4 Å². The molecule has 0 aliphatic rings. The topological polar surface area (TPSA) is 68.8 Å². The lowest BCUT2D eigenvalue weighted by molar-refractivity contribution is 0.659. The molecule has 3 rings (SSSR count). The second kappa shape index (κ2) is 4.94. The lowest BCUT2D eigenvalue weighted by Crippen LogP contribution is -2.14. The summed E-state index contributed by atoms with van der Waals surface area (Å²) in [6, 6.07) is 12.2. The third-order valence-electron chi connectivity index (χ3n) is 3.36. The summed E-state index contributed by atoms with van der Waals surface area (Å²) < 4.78 is 1.96. The minimum Gasteiger partial charge on any atom is -0.308 e. The number of nitrogens with zero attached hydrogens (tertiary/aromatic N) is 3. The summed E-state index contributed by atoms with van der Waals surface area (Å²) in [4.78, 5) is 4.55. The average Bonchev–Trinajstić information content (AvgIpc) is 2.76. The standard InChI is InChI=1S/C15H17N5/c1-10-7-11(2)20(19-10)9-13-8-12-5-3-4-6-14(12)17-15(13)18-16/h3-8H,9,16H2,1-2H3,(H,17,18). The summed E-state index contributed by atoms with van der Waals surface area (Å²) in [6.45, 7) is 4.69. The molecule has 102 valence electrons. The first-order chi connectivity index (χ1) is 9.67. The van der Waals surface area contributed by atoms with E-state index < -0.39 is 0 Å². The van der Waals surface area contributed by atoms with Crippen LogP contribution in [-0.4, -0.2) is 14.8 Å². The third-order valence-corrected chi connectivity index (χ3v) is 3.36. The zero-order chi connectivity index (χ0) is 14.1. The van der Waals surface area contributed by atoms with Gasteiger partial charge in [0.2, 0.25) is 0 Å². The number of pyridine rings is 1. The molecule has 2 aromatic heterocycles. The molecule has 3 N–H and O–H groups in total. The molecule has 0 amide bonds. The molecular weight excluding hydrogens is 250 g/mol. The highest BCUT2D eigenvalue weighted by atomic mass is 15.3. The van der Waals surface area contributed by atoms with Crippen molar-refractivity contribution in [2.75, 3.05) is 5.43 Å². The second-order valence-corrected chi connectivity index (χ2v) is 4.92. The zero-order valence-corrected chi connectivity index (χ0v) is 11.6. The summed E-state index contributed by atoms with van der Waals surface area (Å²) in [5.74, 6) is 6.29. The smallest absolute Gasteiger partial charge is 0.145 e. The molecular formula is C15H17N5. The van der Waals surface area contributed by atoms with Gasteiger partial charge in [-0.3, -0.25) is 4.68 Å². The molecule has 5 heteroatoms. The quantitative estimate of drug-likeness (QED) is 0.564. The van der Waals surface area contributed by atoms with Gasteiger partial charge in [0.15, 0.2) is 0 Å². The van der Waals surface area contributed by atoms with E-state index >= 15 is 0 Å². The van der Waals surface area contributed by atoms with E-state index in [1.54, 1.807) is 0 Å². The highest BCUT2D eigenvalue weighted by Gasteiger charge is 2.09. The first-order valence-corrected chi connectivity index (χ1v) is 6.53. The summed E-state index contributed by atoms with van der Waals surface area (Å²) >= 11 is 0. The number of nitrogens with two attached hydrogens (primary N) is 1. The van der Waals surface area contributed by atoms with Crippen LogP contribution < -0.4 is 11.3 Å². The van der Waals surface area contributed by atoms with Gasteiger partial charge < -0.3 is 5.43 Å². The Bertz CT molecular complexity index is 760. The highest BCUT2D eigenvalue weighted by molar-refractivity contribution is 5.81. The van der Waals surface area contributed by atoms with Crippen LogP contribution in [0.2, 0.25) is 0 Å². The number of hydrazine groups is 1. The third kappa shape index (κ3) is 2.23. The highest BCUT2D eigenvalue weighted by Crippen LogP contribution is 2.21. The van der Waals surface area contributed by atoms with Gasteiger partial charge in [0, 0.05) is 16.6 Å². The van der Waals surface area contributed by atoms with Crippen LogP contribution in [0.25, 0.3) is 10.9 Å². The first-order valence-electron chi connectivity index (χ1n) is 6.53. The Morgan fingerprint density at radius 2 is 2.00 bits per heavy atom. The average molecular weight is 267 g/mol. The predicted molar refractivity (Wildman–Crippen MR) is 80.4 cm³/mol. The normalized spacial score (nSPS) is 10.9. The van der Waals surface area contributed by atoms with E-state index in [1.165, 1.54) is 0 Å². The fourth-order valence-electron chi connectivity index (χ4n) is 2.40. The summed E-state index contributed by atoms with van der Waals surface area (Å²) in [5.41, 5.74) is 6.77. The van der Waals surface area contributed by atoms with Gasteiger partial charge >= 0.3 is 0 Å². The monoisotopic (exact) mass is 267 g/mol. The molecule has 0 bridgehead atoms. The van der Waals surface area contributed by atoms with Gasteiger partial charge in [-0.15, -0.1) is 0 Å². The number of hydrogen-bond donors (Lipinski definition) is 2. The van der Waals surface area contributed by atoms with Gasteiger partial charge in [0.25, 0.3) is 0 Å². The number of para-hydroxylation sites is 1. The molecule has 0 atom stereocenters. The van der Waals surface area contributed by atoms with Crippen molar-refractivity contribution in [3.63, 3.8) is 0 Å². The van der Waals surface area contributed by atoms with Crippen molar-refractivity contribution in [3.8, 4) is 0 Å². The van der Waals surface area contributed by atoms with E-state index in [-0.39, 0.29) is 0 Å². The number of nitrogen functional groups attached to an aromatic ring is 1. The molecule has 3 aromatic rings. The molecule has 0 fully saturated rings. The lowest BCUT2D eigenvalue weighted by Gasteiger charge is -2.11. The van der Waals surface area contributed by atoms with Crippen LogP contribution >= 0.6 is 0 Å². The molecule has 1 aromatic carbocycles. The van der Waals surface area contributed by atoms with Gasteiger partial charge in [-0.25, -0.2) is 10.8 Å². The fourth-order valence-corrected chi connectivity index (χ4v) is 2.40. The number of aryl methyl sites for hydroxylation is 2. The lowest BCUT2D eigenvalue weighted by atomic mass is 10.1. The number of nitrogens with one attached hydrogen (secondary N) is 1. The van der Waals surface area contributed by atoms with E-state index in [0.717, 1.165) is 27.9 Å². The van der Waals surface area contributed by atoms with Crippen molar-refractivity contribution in [2.24, 2.45) is 5.84 Å². The van der Waals surface area contributed by atoms with E-state index in [0.29, 0.717) is 12.4 Å². The van der Waals surface area contributed by atoms with E-state index in [1.807, 2.05) is 42.8 Å². The van der Waals surface area contributed by atoms with Gasteiger partial charge in [0.1, 0.15) is 5.82 Å². The minimum atomic E-state index is 0.650. The summed E-state index contributed by atoms with van der Waals surface area (Å²) in [5, 5.41) is 5.58. The van der Waals surface area contributed by atoms with Crippen LogP contribution in [0.5, 0.6) is 0 Å². The SMILES string of the molecule is Cc1cc(C)n(Cc2cc3ccccc3nc2NN)n1. The van der Waals surface area contributed by atoms with Crippen LogP contribution in [0, 0.1) is 13.8 Å². The Morgan fingerprint density at radius 1 is 1.20 bits per heavy atom. The van der Waals surface area contributed by atoms with Gasteiger partial charge in [-0.1, -0.05) is 18.2 Å². The summed E-state index contributed by atoms with van der Waals surface area (Å²) in [7, 11) is 0. The van der Waals surface area contributed by atoms with Crippen molar-refractivity contribution in [3.05, 3.63) is 53.3 Å². The maximum absolute atomic E-state index is 5.60. The van der Waals surface area contributed by atoms with Crippen LogP contribution in [0.4, 0.5) is 5.82 Å². The Hall–Kier alpha value is -2.40. The van der Waals surface area contributed by atoms with Crippen molar-refractivity contribution in [1.29, 1.82) is 0 Å². The Morgan fingerprint density at radius 3 is 2.70 bits per heavy atom. The Balaban J connectivity index is 2.07. The number of rotatable bonds is 3. The Kier molecular flexibility index (Phi) is 3.12. The largest absolute Gasteiger partial charge is 0.308 e. The molecule has 0 saturated carbocycles. The Labute approximate surface area is 117 Å². The number of hydrogen-bond acceptors (Lipinski definition) is 4. The maximum Gasteiger partial charge on any atom is 0.145 e. The number of aromatic nitrogens is 3. The predicted octanol–water partition coefficient (Wildman–Crippen LogP) is 2.38. The number of anilines is 1. The van der Waals surface area contributed by atoms with Gasteiger partial charge in [-0.2, -0.15) is 5.10 Å². The van der Waals surface area contributed by atoms with Crippen molar-refractivity contribution < 1.29 is 0 Å². The van der Waals surface area contributed by atoms with Gasteiger partial charge in [0.05, 0.1) is 17.8 Å². The maximum atomic E-state index is 5.60. The molecule has 0 unspecified atom stereocenters. The van der Waals surface area contributed by atoms with Crippen LogP contribution in [0.15, 0.2) is 36.4 Å². The molecule has 2 heterocycles. The van der Waals surface area contributed by atoms with Gasteiger partial charge in [-0.05, 0) is 32.0 Å². The van der Waals surface area contributed by atoms with Crippen LogP contribution in [0.1, 0.15) is 17.0 Å². The van der Waals surface area contributed by atoms with Crippen molar-refractivity contribution >= 4 is 16.7 Å². The molecule has 0 saturated heterocycles. The molecule has 0 radical (unpaired) electrons. The molecule has 0 spiro atoms. The van der Waals surface area contributed by atoms with E-state index in [4.69, 9.17) is 5.84 Å². The number of benzene rings is 1. The number of fused-ring (bicyclic) bond motifs is 1. The second-order valence-electron chi connectivity index (χ2n) is 4.92. The van der Waals surface area contributed by atoms with Crippen molar-refractivity contribution in [1.82, 2.24) is 14.8 Å². The molecule has 0 aliphatic carbocycles. The summed E-state index contributed by atoms with van der Waals surface area (Å²) in [6.07, 6.45) is 0. The minimum absolute atomic E-state index is 0.650. The van der Waals surface area contributed by atoms with E-state index in [2.05, 4.69) is 27.6 Å².